The van der Waals surface area contributed by atoms with Crippen LogP contribution in [-0.2, 0) is 11.2 Å². The third kappa shape index (κ3) is 6.34. The van der Waals surface area contributed by atoms with Crippen molar-refractivity contribution < 1.29 is 14.4 Å². The largest absolute Gasteiger partial charge is 0.347 e. The minimum atomic E-state index is -0.390. The minimum Gasteiger partial charge on any atom is -0.347 e. The number of anilines is 1. The van der Waals surface area contributed by atoms with E-state index >= 15 is 0 Å². The normalized spacial score (nSPS) is 15.6. The van der Waals surface area contributed by atoms with Gasteiger partial charge in [-0.25, -0.2) is 0 Å². The third-order valence-electron chi connectivity index (χ3n) is 5.82. The lowest BCUT2D eigenvalue weighted by molar-refractivity contribution is -0.128. The molecule has 0 aliphatic carbocycles. The molecule has 1 fully saturated rings. The van der Waals surface area contributed by atoms with Crippen LogP contribution in [0.25, 0.3) is 0 Å². The quantitative estimate of drug-likeness (QED) is 0.462. The Bertz CT molecular complexity index is 1240. The standard InChI is InChI=1S/C29H31N3O3S/c1-29(2,3)31-27(35)23-11-7-8-12-24(23)30-26(34)21-13-15-22(16-14-21)28-32(25(33)19-36-28)18-17-20-9-5-4-6-10-20/h4-16,28H,17-19H2,1-3H3,(H,30,34)(H,31,35)/t28-/m1/s1. The summed E-state index contributed by atoms with van der Waals surface area (Å²) in [5.74, 6) is 0.0450. The van der Waals surface area contributed by atoms with Crippen LogP contribution in [0.5, 0.6) is 0 Å². The minimum absolute atomic E-state index is 0.0693. The van der Waals surface area contributed by atoms with Crippen molar-refractivity contribution >= 4 is 35.2 Å². The van der Waals surface area contributed by atoms with E-state index in [1.165, 1.54) is 5.56 Å². The molecule has 1 aliphatic heterocycles. The van der Waals surface area contributed by atoms with Crippen molar-refractivity contribution in [1.82, 2.24) is 10.2 Å². The Hall–Kier alpha value is -3.58. The first kappa shape index (κ1) is 25.5. The van der Waals surface area contributed by atoms with Crippen LogP contribution in [-0.4, -0.2) is 40.5 Å². The average molecular weight is 502 g/mol. The molecule has 2 N–H and O–H groups in total. The lowest BCUT2D eigenvalue weighted by atomic mass is 10.1. The molecule has 0 saturated carbocycles. The number of nitrogens with one attached hydrogen (secondary N) is 2. The highest BCUT2D eigenvalue weighted by atomic mass is 32.2. The Balaban J connectivity index is 1.44. The molecule has 0 spiro atoms. The van der Waals surface area contributed by atoms with Gasteiger partial charge in [0.2, 0.25) is 5.91 Å². The molecule has 0 aromatic heterocycles. The van der Waals surface area contributed by atoms with E-state index < -0.39 is 5.54 Å². The van der Waals surface area contributed by atoms with Crippen molar-refractivity contribution in [2.45, 2.75) is 38.1 Å². The van der Waals surface area contributed by atoms with E-state index in [4.69, 9.17) is 0 Å². The van der Waals surface area contributed by atoms with Gasteiger partial charge in [0.25, 0.3) is 11.8 Å². The van der Waals surface area contributed by atoms with Crippen LogP contribution in [0.1, 0.15) is 58.0 Å². The highest BCUT2D eigenvalue weighted by Gasteiger charge is 2.32. The van der Waals surface area contributed by atoms with Crippen LogP contribution in [0.15, 0.2) is 78.9 Å². The summed E-state index contributed by atoms with van der Waals surface area (Å²) in [7, 11) is 0. The number of para-hydroxylation sites is 1. The summed E-state index contributed by atoms with van der Waals surface area (Å²) >= 11 is 1.60. The summed E-state index contributed by atoms with van der Waals surface area (Å²) in [5.41, 5.74) is 3.14. The molecule has 0 unspecified atom stereocenters. The zero-order chi connectivity index (χ0) is 25.7. The zero-order valence-corrected chi connectivity index (χ0v) is 21.6. The smallest absolute Gasteiger partial charge is 0.255 e. The highest BCUT2D eigenvalue weighted by molar-refractivity contribution is 8.00. The number of nitrogens with zero attached hydrogens (tertiary/aromatic N) is 1. The number of benzene rings is 3. The molecule has 1 atom stereocenters. The van der Waals surface area contributed by atoms with Crippen LogP contribution in [0.4, 0.5) is 5.69 Å². The second-order valence-electron chi connectivity index (χ2n) is 9.81. The van der Waals surface area contributed by atoms with Crippen molar-refractivity contribution in [1.29, 1.82) is 0 Å². The van der Waals surface area contributed by atoms with E-state index in [-0.39, 0.29) is 23.1 Å². The van der Waals surface area contributed by atoms with Gasteiger partial charge in [0.05, 0.1) is 17.0 Å². The first-order valence-corrected chi connectivity index (χ1v) is 13.0. The van der Waals surface area contributed by atoms with E-state index in [1.807, 2.05) is 56.0 Å². The molecular weight excluding hydrogens is 470 g/mol. The first-order chi connectivity index (χ1) is 17.2. The summed E-state index contributed by atoms with van der Waals surface area (Å²) in [6, 6.07) is 24.4. The summed E-state index contributed by atoms with van der Waals surface area (Å²) in [6.45, 7) is 6.38. The summed E-state index contributed by atoms with van der Waals surface area (Å²) in [5, 5.41) is 5.73. The van der Waals surface area contributed by atoms with Gasteiger partial charge in [0, 0.05) is 17.6 Å². The van der Waals surface area contributed by atoms with Gasteiger partial charge in [0.15, 0.2) is 0 Å². The number of amides is 3. The van der Waals surface area contributed by atoms with E-state index in [1.54, 1.807) is 48.2 Å². The van der Waals surface area contributed by atoms with E-state index in [2.05, 4.69) is 22.8 Å². The van der Waals surface area contributed by atoms with Gasteiger partial charge < -0.3 is 15.5 Å². The Labute approximate surface area is 216 Å². The van der Waals surface area contributed by atoms with Crippen molar-refractivity contribution in [2.75, 3.05) is 17.6 Å². The topological polar surface area (TPSA) is 78.5 Å². The second kappa shape index (κ2) is 11.0. The number of rotatable bonds is 7. The van der Waals surface area contributed by atoms with Gasteiger partial charge in [-0.15, -0.1) is 11.8 Å². The Morgan fingerprint density at radius 1 is 0.917 bits per heavy atom. The van der Waals surface area contributed by atoms with Gasteiger partial charge in [-0.05, 0) is 62.6 Å². The van der Waals surface area contributed by atoms with Crippen LogP contribution in [0, 0.1) is 0 Å². The number of carbonyl (C=O) groups excluding carboxylic acids is 3. The lowest BCUT2D eigenvalue weighted by Gasteiger charge is -2.24. The Morgan fingerprint density at radius 3 is 2.28 bits per heavy atom. The number of thioether (sulfide) groups is 1. The Kier molecular flexibility index (Phi) is 7.79. The van der Waals surface area contributed by atoms with Crippen molar-refractivity contribution in [3.05, 3.63) is 101 Å². The second-order valence-corrected chi connectivity index (χ2v) is 10.9. The molecule has 3 aromatic rings. The molecule has 36 heavy (non-hydrogen) atoms. The van der Waals surface area contributed by atoms with Gasteiger partial charge >= 0.3 is 0 Å². The monoisotopic (exact) mass is 501 g/mol. The number of hydrogen-bond donors (Lipinski definition) is 2. The highest BCUT2D eigenvalue weighted by Crippen LogP contribution is 2.38. The van der Waals surface area contributed by atoms with Gasteiger partial charge in [-0.1, -0.05) is 54.6 Å². The number of carbonyl (C=O) groups is 3. The van der Waals surface area contributed by atoms with Crippen molar-refractivity contribution in [2.24, 2.45) is 0 Å². The molecule has 186 valence electrons. The molecule has 3 aromatic carbocycles. The molecular formula is C29H31N3O3S. The van der Waals surface area contributed by atoms with E-state index in [9.17, 15) is 14.4 Å². The summed E-state index contributed by atoms with van der Waals surface area (Å²) in [4.78, 5) is 40.1. The maximum Gasteiger partial charge on any atom is 0.255 e. The molecule has 0 radical (unpaired) electrons. The molecule has 7 heteroatoms. The molecule has 0 bridgehead atoms. The maximum atomic E-state index is 13.0. The number of hydrogen-bond acceptors (Lipinski definition) is 4. The van der Waals surface area contributed by atoms with Crippen LogP contribution in [0.3, 0.4) is 0 Å². The van der Waals surface area contributed by atoms with Crippen molar-refractivity contribution in [3.8, 4) is 0 Å². The van der Waals surface area contributed by atoms with Gasteiger partial charge in [-0.3, -0.25) is 14.4 Å². The van der Waals surface area contributed by atoms with Crippen LogP contribution < -0.4 is 10.6 Å². The molecule has 3 amide bonds. The van der Waals surface area contributed by atoms with E-state index in [0.29, 0.717) is 29.1 Å². The molecule has 1 heterocycles. The summed E-state index contributed by atoms with van der Waals surface area (Å²) < 4.78 is 0. The first-order valence-electron chi connectivity index (χ1n) is 12.0. The molecule has 1 aliphatic rings. The predicted octanol–water partition coefficient (Wildman–Crippen LogP) is 5.28. The predicted molar refractivity (Wildman–Crippen MR) is 145 cm³/mol. The summed E-state index contributed by atoms with van der Waals surface area (Å²) in [6.07, 6.45) is 0.798. The third-order valence-corrected chi connectivity index (χ3v) is 7.07. The SMILES string of the molecule is CC(C)(C)NC(=O)c1ccccc1NC(=O)c1ccc([C@H]2SCC(=O)N2CCc2ccccc2)cc1. The average Bonchev–Trinajstić information content (AvgIpc) is 3.23. The maximum absolute atomic E-state index is 13.0. The van der Waals surface area contributed by atoms with Gasteiger partial charge in [0.1, 0.15) is 5.37 Å². The van der Waals surface area contributed by atoms with Crippen LogP contribution >= 0.6 is 11.8 Å². The zero-order valence-electron chi connectivity index (χ0n) is 20.8. The molecule has 4 rings (SSSR count). The lowest BCUT2D eigenvalue weighted by Crippen LogP contribution is -2.40. The Morgan fingerprint density at radius 2 is 1.58 bits per heavy atom. The van der Waals surface area contributed by atoms with Crippen LogP contribution in [0.2, 0.25) is 0 Å². The fourth-order valence-electron chi connectivity index (χ4n) is 4.06. The molecule has 6 nitrogen and oxygen atoms in total. The fourth-order valence-corrected chi connectivity index (χ4v) is 5.28. The van der Waals surface area contributed by atoms with Gasteiger partial charge in [-0.2, -0.15) is 0 Å². The van der Waals surface area contributed by atoms with E-state index in [0.717, 1.165) is 12.0 Å². The molecule has 1 saturated heterocycles. The van der Waals surface area contributed by atoms with Crippen molar-refractivity contribution in [3.63, 3.8) is 0 Å². The fraction of sp³-hybridized carbons (Fsp3) is 0.276.